The molecular formula is C20H28N2OS. The van der Waals surface area contributed by atoms with Gasteiger partial charge in [0.15, 0.2) is 0 Å². The molecular weight excluding hydrogens is 316 g/mol. The Morgan fingerprint density at radius 1 is 1.08 bits per heavy atom. The second-order valence-corrected chi connectivity index (χ2v) is 7.47. The molecule has 0 atom stereocenters. The van der Waals surface area contributed by atoms with Gasteiger partial charge >= 0.3 is 0 Å². The van der Waals surface area contributed by atoms with E-state index in [-0.39, 0.29) is 5.91 Å². The molecule has 0 bridgehead atoms. The first-order valence-corrected chi connectivity index (χ1v) is 9.60. The first-order valence-electron chi connectivity index (χ1n) is 8.65. The molecule has 4 heteroatoms. The molecule has 0 spiro atoms. The van der Waals surface area contributed by atoms with Crippen LogP contribution in [-0.4, -0.2) is 29.4 Å². The van der Waals surface area contributed by atoms with Crippen LogP contribution in [0.15, 0.2) is 41.1 Å². The minimum atomic E-state index is -0.0502. The van der Waals surface area contributed by atoms with Crippen LogP contribution in [0.2, 0.25) is 0 Å². The number of aryl methyl sites for hydroxylation is 1. The van der Waals surface area contributed by atoms with Gasteiger partial charge < -0.3 is 5.32 Å². The standard InChI is InChI=1S/C20H28N2OS/c1-15(2)22(16(3)4)12-5-6-17-7-9-18(10-8-17)20(23)21-19-11-13-24-14-19/h7-11,13-16H,5-6,12H2,1-4H3,(H,21,23). The van der Waals surface area contributed by atoms with Crippen molar-refractivity contribution in [3.8, 4) is 0 Å². The van der Waals surface area contributed by atoms with E-state index in [0.29, 0.717) is 17.6 Å². The van der Waals surface area contributed by atoms with Gasteiger partial charge in [0.05, 0.1) is 5.69 Å². The summed E-state index contributed by atoms with van der Waals surface area (Å²) in [7, 11) is 0. The van der Waals surface area contributed by atoms with Crippen molar-refractivity contribution in [2.45, 2.75) is 52.6 Å². The molecule has 1 heterocycles. The zero-order valence-electron chi connectivity index (χ0n) is 15.1. The summed E-state index contributed by atoms with van der Waals surface area (Å²) in [5, 5.41) is 6.79. The number of carbonyl (C=O) groups excluding carboxylic acids is 1. The summed E-state index contributed by atoms with van der Waals surface area (Å²) in [4.78, 5) is 14.7. The van der Waals surface area contributed by atoms with Crippen LogP contribution < -0.4 is 5.32 Å². The van der Waals surface area contributed by atoms with Gasteiger partial charge in [0.2, 0.25) is 0 Å². The zero-order chi connectivity index (χ0) is 17.5. The smallest absolute Gasteiger partial charge is 0.255 e. The van der Waals surface area contributed by atoms with Crippen molar-refractivity contribution >= 4 is 22.9 Å². The van der Waals surface area contributed by atoms with Crippen LogP contribution in [0.3, 0.4) is 0 Å². The van der Waals surface area contributed by atoms with Crippen LogP contribution in [0.4, 0.5) is 5.69 Å². The molecule has 1 amide bonds. The predicted molar refractivity (Wildman–Crippen MR) is 104 cm³/mol. The average molecular weight is 345 g/mol. The molecule has 1 aromatic heterocycles. The van der Waals surface area contributed by atoms with E-state index in [0.717, 1.165) is 25.1 Å². The molecule has 1 N–H and O–H groups in total. The van der Waals surface area contributed by atoms with Crippen LogP contribution in [-0.2, 0) is 6.42 Å². The molecule has 24 heavy (non-hydrogen) atoms. The first-order chi connectivity index (χ1) is 11.5. The Labute approximate surface area is 149 Å². The second kappa shape index (κ2) is 9.00. The lowest BCUT2D eigenvalue weighted by Crippen LogP contribution is -2.37. The number of anilines is 1. The predicted octanol–water partition coefficient (Wildman–Crippen LogP) is 5.05. The summed E-state index contributed by atoms with van der Waals surface area (Å²) in [5.74, 6) is -0.0502. The molecule has 1 aromatic carbocycles. The van der Waals surface area contributed by atoms with Gasteiger partial charge in [-0.2, -0.15) is 11.3 Å². The molecule has 0 saturated heterocycles. The number of amides is 1. The molecule has 0 aliphatic heterocycles. The SMILES string of the molecule is CC(C)N(CCCc1ccc(C(=O)Nc2ccsc2)cc1)C(C)C. The fraction of sp³-hybridized carbons (Fsp3) is 0.450. The van der Waals surface area contributed by atoms with Gasteiger partial charge in [-0.1, -0.05) is 12.1 Å². The van der Waals surface area contributed by atoms with Gasteiger partial charge in [-0.25, -0.2) is 0 Å². The molecule has 2 rings (SSSR count). The van der Waals surface area contributed by atoms with Crippen molar-refractivity contribution in [3.05, 3.63) is 52.2 Å². The van der Waals surface area contributed by atoms with Crippen molar-refractivity contribution < 1.29 is 4.79 Å². The summed E-state index contributed by atoms with van der Waals surface area (Å²) >= 11 is 1.58. The average Bonchev–Trinajstić information content (AvgIpc) is 3.04. The van der Waals surface area contributed by atoms with Crippen LogP contribution in [0.5, 0.6) is 0 Å². The van der Waals surface area contributed by atoms with Crippen LogP contribution >= 0.6 is 11.3 Å². The van der Waals surface area contributed by atoms with E-state index in [2.05, 4.69) is 50.0 Å². The van der Waals surface area contributed by atoms with Crippen LogP contribution in [0.25, 0.3) is 0 Å². The number of carbonyl (C=O) groups is 1. The lowest BCUT2D eigenvalue weighted by molar-refractivity contribution is 0.102. The lowest BCUT2D eigenvalue weighted by Gasteiger charge is -2.30. The third-order valence-electron chi connectivity index (χ3n) is 4.20. The second-order valence-electron chi connectivity index (χ2n) is 6.69. The summed E-state index contributed by atoms with van der Waals surface area (Å²) in [6.07, 6.45) is 2.18. The number of nitrogens with zero attached hydrogens (tertiary/aromatic N) is 1. The number of benzene rings is 1. The van der Waals surface area contributed by atoms with Crippen molar-refractivity contribution in [2.24, 2.45) is 0 Å². The largest absolute Gasteiger partial charge is 0.321 e. The van der Waals surface area contributed by atoms with Gasteiger partial charge in [0, 0.05) is 23.0 Å². The highest BCUT2D eigenvalue weighted by Crippen LogP contribution is 2.15. The molecule has 0 aliphatic carbocycles. The minimum absolute atomic E-state index is 0.0502. The molecule has 2 aromatic rings. The normalized spacial score (nSPS) is 11.5. The van der Waals surface area contributed by atoms with Crippen LogP contribution in [0.1, 0.15) is 50.0 Å². The quantitative estimate of drug-likeness (QED) is 0.726. The Kier molecular flexibility index (Phi) is 7.00. The van der Waals surface area contributed by atoms with Gasteiger partial charge in [-0.3, -0.25) is 9.69 Å². The van der Waals surface area contributed by atoms with E-state index >= 15 is 0 Å². The highest BCUT2D eigenvalue weighted by molar-refractivity contribution is 7.08. The fourth-order valence-corrected chi connectivity index (χ4v) is 3.53. The highest BCUT2D eigenvalue weighted by Gasteiger charge is 2.12. The van der Waals surface area contributed by atoms with Gasteiger partial charge in [-0.05, 0) is 76.2 Å². The molecule has 0 saturated carbocycles. The summed E-state index contributed by atoms with van der Waals surface area (Å²) < 4.78 is 0. The Morgan fingerprint density at radius 3 is 2.29 bits per heavy atom. The van der Waals surface area contributed by atoms with Crippen molar-refractivity contribution in [1.82, 2.24) is 4.90 Å². The first kappa shape index (κ1) is 18.7. The summed E-state index contributed by atoms with van der Waals surface area (Å²) in [5.41, 5.74) is 2.85. The number of hydrogen-bond donors (Lipinski definition) is 1. The Morgan fingerprint density at radius 2 is 1.75 bits per heavy atom. The monoisotopic (exact) mass is 344 g/mol. The van der Waals surface area contributed by atoms with E-state index in [1.807, 2.05) is 29.0 Å². The maximum absolute atomic E-state index is 12.2. The van der Waals surface area contributed by atoms with Gasteiger partial charge in [-0.15, -0.1) is 0 Å². The summed E-state index contributed by atoms with van der Waals surface area (Å²) in [6.45, 7) is 10.1. The highest BCUT2D eigenvalue weighted by atomic mass is 32.1. The Balaban J connectivity index is 1.84. The molecule has 0 unspecified atom stereocenters. The number of hydrogen-bond acceptors (Lipinski definition) is 3. The van der Waals surface area contributed by atoms with Crippen molar-refractivity contribution in [2.75, 3.05) is 11.9 Å². The summed E-state index contributed by atoms with van der Waals surface area (Å²) in [6, 6.07) is 11.0. The third kappa shape index (κ3) is 5.46. The maximum Gasteiger partial charge on any atom is 0.255 e. The number of thiophene rings is 1. The maximum atomic E-state index is 12.2. The topological polar surface area (TPSA) is 32.3 Å². The minimum Gasteiger partial charge on any atom is -0.321 e. The fourth-order valence-electron chi connectivity index (χ4n) is 2.94. The van der Waals surface area contributed by atoms with Crippen LogP contribution in [0, 0.1) is 0 Å². The zero-order valence-corrected chi connectivity index (χ0v) is 15.9. The molecule has 0 aliphatic rings. The van der Waals surface area contributed by atoms with E-state index in [1.165, 1.54) is 5.56 Å². The lowest BCUT2D eigenvalue weighted by atomic mass is 10.1. The molecule has 130 valence electrons. The third-order valence-corrected chi connectivity index (χ3v) is 4.89. The number of rotatable bonds is 8. The molecule has 0 fully saturated rings. The van der Waals surface area contributed by atoms with E-state index in [1.54, 1.807) is 11.3 Å². The van der Waals surface area contributed by atoms with E-state index in [4.69, 9.17) is 0 Å². The molecule has 0 radical (unpaired) electrons. The Hall–Kier alpha value is -1.65. The molecule has 3 nitrogen and oxygen atoms in total. The van der Waals surface area contributed by atoms with Crippen molar-refractivity contribution in [3.63, 3.8) is 0 Å². The van der Waals surface area contributed by atoms with Gasteiger partial charge in [0.1, 0.15) is 0 Å². The van der Waals surface area contributed by atoms with E-state index < -0.39 is 0 Å². The van der Waals surface area contributed by atoms with Crippen molar-refractivity contribution in [1.29, 1.82) is 0 Å². The van der Waals surface area contributed by atoms with Gasteiger partial charge in [0.25, 0.3) is 5.91 Å². The number of nitrogens with one attached hydrogen (secondary N) is 1. The Bertz CT molecular complexity index is 610. The van der Waals surface area contributed by atoms with E-state index in [9.17, 15) is 4.79 Å².